The van der Waals surface area contributed by atoms with E-state index in [9.17, 15) is 4.79 Å². The Bertz CT molecular complexity index is 496. The average molecular weight is 233 g/mol. The molecule has 0 aromatic carbocycles. The Hall–Kier alpha value is -1.35. The second-order valence-corrected chi connectivity index (χ2v) is 4.98. The van der Waals surface area contributed by atoms with Crippen LogP contribution in [0, 0.1) is 13.8 Å². The molecule has 2 nitrogen and oxygen atoms in total. The van der Waals surface area contributed by atoms with Gasteiger partial charge in [-0.15, -0.1) is 11.3 Å². The predicted octanol–water partition coefficient (Wildman–Crippen LogP) is 3.59. The van der Waals surface area contributed by atoms with Crippen LogP contribution in [0.25, 0.3) is 0 Å². The molecule has 0 aliphatic carbocycles. The quantitative estimate of drug-likeness (QED) is 0.743. The smallest absolute Gasteiger partial charge is 0.151 e. The fourth-order valence-corrected chi connectivity index (χ4v) is 2.95. The van der Waals surface area contributed by atoms with Gasteiger partial charge < -0.3 is 4.57 Å². The molecular weight excluding hydrogens is 218 g/mol. The number of aryl methyl sites for hydroxylation is 1. The number of carbonyl (C=O) groups is 1. The summed E-state index contributed by atoms with van der Waals surface area (Å²) < 4.78 is 2.22. The van der Waals surface area contributed by atoms with Crippen molar-refractivity contribution in [2.75, 3.05) is 0 Å². The van der Waals surface area contributed by atoms with Crippen molar-refractivity contribution in [2.24, 2.45) is 0 Å². The van der Waals surface area contributed by atoms with Gasteiger partial charge in [0.05, 0.1) is 6.04 Å². The third-order valence-corrected chi connectivity index (χ3v) is 4.04. The van der Waals surface area contributed by atoms with Gasteiger partial charge >= 0.3 is 0 Å². The maximum absolute atomic E-state index is 10.9. The van der Waals surface area contributed by atoms with Crippen LogP contribution in [0.1, 0.15) is 39.6 Å². The molecule has 0 radical (unpaired) electrons. The molecule has 1 atom stereocenters. The van der Waals surface area contributed by atoms with Crippen LogP contribution < -0.4 is 0 Å². The van der Waals surface area contributed by atoms with Gasteiger partial charge in [-0.2, -0.15) is 0 Å². The Morgan fingerprint density at radius 3 is 2.69 bits per heavy atom. The lowest BCUT2D eigenvalue weighted by molar-refractivity contribution is 0.112. The Morgan fingerprint density at radius 2 is 2.19 bits per heavy atom. The van der Waals surface area contributed by atoms with Crippen molar-refractivity contribution < 1.29 is 4.79 Å². The highest BCUT2D eigenvalue weighted by Crippen LogP contribution is 2.27. The molecule has 0 aliphatic rings. The van der Waals surface area contributed by atoms with E-state index in [-0.39, 0.29) is 0 Å². The molecule has 0 aliphatic heterocycles. The standard InChI is InChI=1S/C13H15NOS/c1-9-7-12(8-15)10(2)14(9)11(3)13-5-4-6-16-13/h4-8,11H,1-3H3. The van der Waals surface area contributed by atoms with Crippen molar-refractivity contribution >= 4 is 17.6 Å². The number of hydrogen-bond donors (Lipinski definition) is 0. The summed E-state index contributed by atoms with van der Waals surface area (Å²) in [5.74, 6) is 0. The molecule has 3 heteroatoms. The van der Waals surface area contributed by atoms with Crippen LogP contribution in [0.3, 0.4) is 0 Å². The molecule has 0 saturated carbocycles. The first-order valence-electron chi connectivity index (χ1n) is 5.32. The summed E-state index contributed by atoms with van der Waals surface area (Å²) in [7, 11) is 0. The summed E-state index contributed by atoms with van der Waals surface area (Å²) in [5.41, 5.74) is 2.98. The first-order chi connectivity index (χ1) is 7.65. The summed E-state index contributed by atoms with van der Waals surface area (Å²) in [6.07, 6.45) is 0.931. The van der Waals surface area contributed by atoms with E-state index >= 15 is 0 Å². The number of aromatic nitrogens is 1. The van der Waals surface area contributed by atoms with Crippen LogP contribution in [0.15, 0.2) is 23.6 Å². The average Bonchev–Trinajstić information content (AvgIpc) is 2.86. The summed E-state index contributed by atoms with van der Waals surface area (Å²) in [5, 5.41) is 2.08. The van der Waals surface area contributed by atoms with E-state index in [0.717, 1.165) is 23.2 Å². The summed E-state index contributed by atoms with van der Waals surface area (Å²) >= 11 is 1.75. The Kier molecular flexibility index (Phi) is 2.97. The molecule has 2 aromatic heterocycles. The van der Waals surface area contributed by atoms with Crippen molar-refractivity contribution in [2.45, 2.75) is 26.8 Å². The molecule has 2 heterocycles. The van der Waals surface area contributed by atoms with Gasteiger partial charge in [-0.3, -0.25) is 4.79 Å². The van der Waals surface area contributed by atoms with Gasteiger partial charge in [0.1, 0.15) is 0 Å². The minimum Gasteiger partial charge on any atom is -0.341 e. The lowest BCUT2D eigenvalue weighted by Gasteiger charge is -2.17. The van der Waals surface area contributed by atoms with Gasteiger partial charge in [0.25, 0.3) is 0 Å². The Balaban J connectivity index is 2.48. The first-order valence-corrected chi connectivity index (χ1v) is 6.20. The highest BCUT2D eigenvalue weighted by Gasteiger charge is 2.15. The topological polar surface area (TPSA) is 22.0 Å². The lowest BCUT2D eigenvalue weighted by Crippen LogP contribution is -2.09. The van der Waals surface area contributed by atoms with Crippen molar-refractivity contribution in [1.29, 1.82) is 0 Å². The molecule has 0 fully saturated rings. The lowest BCUT2D eigenvalue weighted by atomic mass is 10.2. The zero-order chi connectivity index (χ0) is 11.7. The van der Waals surface area contributed by atoms with E-state index in [4.69, 9.17) is 0 Å². The van der Waals surface area contributed by atoms with Crippen LogP contribution in [-0.4, -0.2) is 10.9 Å². The van der Waals surface area contributed by atoms with Gasteiger partial charge in [-0.1, -0.05) is 6.07 Å². The minimum absolute atomic E-state index is 0.300. The van der Waals surface area contributed by atoms with E-state index in [1.165, 1.54) is 4.88 Å². The van der Waals surface area contributed by atoms with Gasteiger partial charge in [-0.25, -0.2) is 0 Å². The van der Waals surface area contributed by atoms with E-state index in [1.807, 2.05) is 19.9 Å². The SMILES string of the molecule is Cc1cc(C=O)c(C)n1C(C)c1cccs1. The molecule has 2 rings (SSSR count). The molecule has 0 spiro atoms. The van der Waals surface area contributed by atoms with Crippen molar-refractivity contribution in [3.63, 3.8) is 0 Å². The summed E-state index contributed by atoms with van der Waals surface area (Å²) in [6.45, 7) is 6.21. The molecule has 1 unspecified atom stereocenters. The summed E-state index contributed by atoms with van der Waals surface area (Å²) in [6, 6.07) is 6.45. The van der Waals surface area contributed by atoms with Crippen LogP contribution in [0.2, 0.25) is 0 Å². The van der Waals surface area contributed by atoms with Crippen LogP contribution in [0.5, 0.6) is 0 Å². The fourth-order valence-electron chi connectivity index (χ4n) is 2.17. The van der Waals surface area contributed by atoms with Gasteiger partial charge in [0.15, 0.2) is 6.29 Å². The molecular formula is C13H15NOS. The van der Waals surface area contributed by atoms with Crippen molar-refractivity contribution in [3.8, 4) is 0 Å². The molecule has 0 saturated heterocycles. The largest absolute Gasteiger partial charge is 0.341 e. The molecule has 0 bridgehead atoms. The first kappa shape index (κ1) is 11.1. The highest BCUT2D eigenvalue weighted by molar-refractivity contribution is 7.10. The number of hydrogen-bond acceptors (Lipinski definition) is 2. The van der Waals surface area contributed by atoms with Crippen molar-refractivity contribution in [3.05, 3.63) is 45.4 Å². The molecule has 2 aromatic rings. The monoisotopic (exact) mass is 233 g/mol. The third kappa shape index (κ3) is 1.71. The van der Waals surface area contributed by atoms with Gasteiger partial charge in [-0.05, 0) is 38.3 Å². The van der Waals surface area contributed by atoms with E-state index in [2.05, 4.69) is 29.0 Å². The van der Waals surface area contributed by atoms with Gasteiger partial charge in [0.2, 0.25) is 0 Å². The van der Waals surface area contributed by atoms with E-state index in [1.54, 1.807) is 11.3 Å². The zero-order valence-electron chi connectivity index (χ0n) is 9.73. The number of rotatable bonds is 3. The second-order valence-electron chi connectivity index (χ2n) is 4.01. The predicted molar refractivity (Wildman–Crippen MR) is 67.4 cm³/mol. The normalized spacial score (nSPS) is 12.7. The number of aldehydes is 1. The minimum atomic E-state index is 0.300. The number of carbonyl (C=O) groups excluding carboxylic acids is 1. The summed E-state index contributed by atoms with van der Waals surface area (Å²) in [4.78, 5) is 12.2. The maximum atomic E-state index is 10.9. The Labute approximate surface area is 99.5 Å². The fraction of sp³-hybridized carbons (Fsp3) is 0.308. The molecule has 0 amide bonds. The van der Waals surface area contributed by atoms with Crippen LogP contribution in [-0.2, 0) is 0 Å². The van der Waals surface area contributed by atoms with E-state index in [0.29, 0.717) is 6.04 Å². The molecule has 84 valence electrons. The van der Waals surface area contributed by atoms with Crippen molar-refractivity contribution in [1.82, 2.24) is 4.57 Å². The highest BCUT2D eigenvalue weighted by atomic mass is 32.1. The van der Waals surface area contributed by atoms with Crippen LogP contribution >= 0.6 is 11.3 Å². The molecule has 16 heavy (non-hydrogen) atoms. The maximum Gasteiger partial charge on any atom is 0.151 e. The third-order valence-electron chi connectivity index (χ3n) is 2.99. The van der Waals surface area contributed by atoms with Crippen LogP contribution in [0.4, 0.5) is 0 Å². The Morgan fingerprint density at radius 1 is 1.44 bits per heavy atom. The van der Waals surface area contributed by atoms with Gasteiger partial charge in [0, 0.05) is 21.8 Å². The number of thiophene rings is 1. The molecule has 0 N–H and O–H groups in total. The number of nitrogens with zero attached hydrogens (tertiary/aromatic N) is 1. The second kappa shape index (κ2) is 4.26. The van der Waals surface area contributed by atoms with E-state index < -0.39 is 0 Å². The zero-order valence-corrected chi connectivity index (χ0v) is 10.5.